The number of methoxy groups -OCH3 is 3. The van der Waals surface area contributed by atoms with Crippen LogP contribution >= 0.6 is 0 Å². The minimum atomic E-state index is -0.410. The van der Waals surface area contributed by atoms with Crippen molar-refractivity contribution in [1.82, 2.24) is 14.8 Å². The summed E-state index contributed by atoms with van der Waals surface area (Å²) in [5, 5.41) is 1.19. The maximum absolute atomic E-state index is 14.4. The lowest BCUT2D eigenvalue weighted by Crippen LogP contribution is -2.44. The predicted molar refractivity (Wildman–Crippen MR) is 163 cm³/mol. The van der Waals surface area contributed by atoms with Crippen molar-refractivity contribution in [2.75, 3.05) is 42.0 Å². The molecular weight excluding hydrogens is 533 g/mol. The monoisotopic (exact) mass is 573 g/mol. The van der Waals surface area contributed by atoms with Crippen molar-refractivity contribution in [3.05, 3.63) is 88.9 Å². The molecule has 1 aliphatic heterocycles. The van der Waals surface area contributed by atoms with Crippen LogP contribution in [0.2, 0.25) is 0 Å². The van der Waals surface area contributed by atoms with Crippen LogP contribution in [0.5, 0.6) is 17.2 Å². The van der Waals surface area contributed by atoms with Crippen LogP contribution in [0.3, 0.4) is 0 Å². The van der Waals surface area contributed by atoms with E-state index in [2.05, 4.69) is 35.0 Å². The molecule has 0 saturated heterocycles. The summed E-state index contributed by atoms with van der Waals surface area (Å²) in [5.41, 5.74) is 4.37. The molecule has 3 aromatic carbocycles. The first-order valence-corrected chi connectivity index (χ1v) is 14.4. The number of halogens is 1. The second kappa shape index (κ2) is 12.1. The number of rotatable bonds is 10. The van der Waals surface area contributed by atoms with Crippen molar-refractivity contribution in [2.45, 2.75) is 44.2 Å². The summed E-state index contributed by atoms with van der Waals surface area (Å²) < 4.78 is 31.0. The molecule has 0 radical (unpaired) electrons. The van der Waals surface area contributed by atoms with Crippen molar-refractivity contribution in [3.63, 3.8) is 0 Å². The molecule has 1 aromatic heterocycles. The van der Waals surface area contributed by atoms with Crippen LogP contribution < -0.4 is 14.2 Å². The van der Waals surface area contributed by atoms with Crippen LogP contribution in [0.4, 0.5) is 4.39 Å². The van der Waals surface area contributed by atoms with Gasteiger partial charge in [-0.1, -0.05) is 37.3 Å². The Balaban J connectivity index is 1.58. The minimum absolute atomic E-state index is 0.110. The normalized spacial score (nSPS) is 16.3. The van der Waals surface area contributed by atoms with E-state index in [4.69, 9.17) is 14.2 Å². The third kappa shape index (κ3) is 5.09. The number of hydrogen-bond acceptors (Lipinski definition) is 5. The third-order valence-corrected chi connectivity index (χ3v) is 8.97. The number of H-pyrrole nitrogens is 1. The average Bonchev–Trinajstić information content (AvgIpc) is 3.39. The fraction of sp³-hybridized carbons (Fsp3) is 0.382. The van der Waals surface area contributed by atoms with Gasteiger partial charge in [-0.2, -0.15) is 0 Å². The molecule has 5 rings (SSSR count). The Hall–Kier alpha value is -4.04. The van der Waals surface area contributed by atoms with Gasteiger partial charge in [-0.25, -0.2) is 4.39 Å². The van der Waals surface area contributed by atoms with Crippen molar-refractivity contribution in [2.24, 2.45) is 0 Å². The highest BCUT2D eigenvalue weighted by Crippen LogP contribution is 2.44. The summed E-state index contributed by atoms with van der Waals surface area (Å²) in [6.45, 7) is 2.70. The number of amides is 1. The molecular formula is C34H40FN3O4. The quantitative estimate of drug-likeness (QED) is 0.228. The molecule has 1 N–H and O–H groups in total. The number of para-hydroxylation sites is 1. The molecule has 7 nitrogen and oxygen atoms in total. The SMILES string of the molecule is CCC(CCC1c2[nH]c3ccccc3c2CCN1C(=O)c1cc(OC)c(OC)c(OC)c1)(c1cccc(F)c1)N(C)C. The van der Waals surface area contributed by atoms with Gasteiger partial charge in [0.25, 0.3) is 5.91 Å². The van der Waals surface area contributed by atoms with Gasteiger partial charge in [0.2, 0.25) is 5.75 Å². The van der Waals surface area contributed by atoms with E-state index in [1.807, 2.05) is 31.1 Å². The Morgan fingerprint density at radius 2 is 1.74 bits per heavy atom. The largest absolute Gasteiger partial charge is 0.493 e. The molecule has 1 aliphatic rings. The summed E-state index contributed by atoms with van der Waals surface area (Å²) in [6, 6.07) is 18.4. The van der Waals surface area contributed by atoms with Crippen LogP contribution in [0, 0.1) is 5.82 Å². The highest BCUT2D eigenvalue weighted by Gasteiger charge is 2.39. The highest BCUT2D eigenvalue weighted by atomic mass is 19.1. The molecule has 2 atom stereocenters. The Labute approximate surface area is 247 Å². The zero-order valence-corrected chi connectivity index (χ0v) is 25.3. The number of fused-ring (bicyclic) bond motifs is 3. The van der Waals surface area contributed by atoms with Gasteiger partial charge < -0.3 is 24.1 Å². The van der Waals surface area contributed by atoms with Gasteiger partial charge in [0.05, 0.1) is 27.4 Å². The van der Waals surface area contributed by atoms with Gasteiger partial charge in [0.15, 0.2) is 11.5 Å². The lowest BCUT2D eigenvalue weighted by atomic mass is 9.79. The predicted octanol–water partition coefficient (Wildman–Crippen LogP) is 6.72. The standard InChI is InChI=1S/C34H40FN3O4/c1-7-34(37(2)3,23-11-10-12-24(35)21-23)17-15-28-31-26(25-13-8-9-14-27(25)36-31)16-18-38(28)33(39)22-19-29(40-4)32(42-6)30(20-22)41-5/h8-14,19-21,28,36H,7,15-18H2,1-6H3. The van der Waals surface area contributed by atoms with E-state index in [0.29, 0.717) is 35.8 Å². The molecule has 2 unspecified atom stereocenters. The van der Waals surface area contributed by atoms with E-state index < -0.39 is 5.54 Å². The molecule has 4 aromatic rings. The van der Waals surface area contributed by atoms with Gasteiger partial charge in [-0.05, 0) is 81.2 Å². The number of benzene rings is 3. The minimum Gasteiger partial charge on any atom is -0.493 e. The molecule has 222 valence electrons. The Morgan fingerprint density at radius 1 is 1.02 bits per heavy atom. The van der Waals surface area contributed by atoms with Gasteiger partial charge >= 0.3 is 0 Å². The Morgan fingerprint density at radius 3 is 2.36 bits per heavy atom. The number of carbonyl (C=O) groups excluding carboxylic acids is 1. The maximum atomic E-state index is 14.4. The molecule has 0 aliphatic carbocycles. The molecule has 0 spiro atoms. The third-order valence-electron chi connectivity index (χ3n) is 8.97. The van der Waals surface area contributed by atoms with Gasteiger partial charge in [0.1, 0.15) is 5.82 Å². The number of nitrogens with one attached hydrogen (secondary N) is 1. The van der Waals surface area contributed by atoms with E-state index in [-0.39, 0.29) is 17.8 Å². The van der Waals surface area contributed by atoms with Crippen LogP contribution in [0.1, 0.15) is 59.4 Å². The summed E-state index contributed by atoms with van der Waals surface area (Å²) in [6.07, 6.45) is 2.93. The molecule has 0 saturated carbocycles. The Kier molecular flexibility index (Phi) is 8.45. The zero-order valence-electron chi connectivity index (χ0n) is 25.3. The first kappa shape index (κ1) is 29.5. The van der Waals surface area contributed by atoms with Crippen molar-refractivity contribution in [1.29, 1.82) is 0 Å². The van der Waals surface area contributed by atoms with Crippen molar-refractivity contribution >= 4 is 16.8 Å². The molecule has 0 fully saturated rings. The van der Waals surface area contributed by atoms with Gasteiger partial charge in [-0.15, -0.1) is 0 Å². The second-order valence-corrected chi connectivity index (χ2v) is 11.1. The highest BCUT2D eigenvalue weighted by molar-refractivity contribution is 5.96. The lowest BCUT2D eigenvalue weighted by molar-refractivity contribution is 0.0591. The number of carbonyl (C=O) groups is 1. The van der Waals surface area contributed by atoms with Gasteiger partial charge in [0, 0.05) is 34.2 Å². The van der Waals surface area contributed by atoms with E-state index >= 15 is 0 Å². The molecule has 2 heterocycles. The van der Waals surface area contributed by atoms with Crippen LogP contribution in [-0.4, -0.2) is 62.7 Å². The molecule has 1 amide bonds. The van der Waals surface area contributed by atoms with Crippen LogP contribution in [0.15, 0.2) is 60.7 Å². The summed E-state index contributed by atoms with van der Waals surface area (Å²) in [5.74, 6) is 0.953. The van der Waals surface area contributed by atoms with E-state index in [9.17, 15) is 9.18 Å². The summed E-state index contributed by atoms with van der Waals surface area (Å²) >= 11 is 0. The van der Waals surface area contributed by atoms with Crippen molar-refractivity contribution in [3.8, 4) is 17.2 Å². The fourth-order valence-corrected chi connectivity index (χ4v) is 6.71. The topological polar surface area (TPSA) is 67.0 Å². The summed E-state index contributed by atoms with van der Waals surface area (Å²) in [7, 11) is 8.72. The first-order chi connectivity index (χ1) is 20.3. The molecule has 42 heavy (non-hydrogen) atoms. The zero-order chi connectivity index (χ0) is 30.0. The van der Waals surface area contributed by atoms with E-state index in [1.165, 1.54) is 17.0 Å². The molecule has 0 bridgehead atoms. The maximum Gasteiger partial charge on any atom is 0.254 e. The lowest BCUT2D eigenvalue weighted by Gasteiger charge is -2.43. The second-order valence-electron chi connectivity index (χ2n) is 11.1. The van der Waals surface area contributed by atoms with Crippen LogP contribution in [-0.2, 0) is 12.0 Å². The average molecular weight is 574 g/mol. The van der Waals surface area contributed by atoms with Crippen molar-refractivity contribution < 1.29 is 23.4 Å². The van der Waals surface area contributed by atoms with Gasteiger partial charge in [-0.3, -0.25) is 9.69 Å². The number of ether oxygens (including phenoxy) is 3. The Bertz CT molecular complexity index is 1560. The number of aromatic amines is 1. The number of aromatic nitrogens is 1. The smallest absolute Gasteiger partial charge is 0.254 e. The summed E-state index contributed by atoms with van der Waals surface area (Å²) in [4.78, 5) is 22.1. The number of hydrogen-bond donors (Lipinski definition) is 1. The van der Waals surface area contributed by atoms with E-state index in [0.717, 1.165) is 36.0 Å². The number of nitrogens with zero attached hydrogens (tertiary/aromatic N) is 2. The van der Waals surface area contributed by atoms with E-state index in [1.54, 1.807) is 45.6 Å². The molecule has 8 heteroatoms. The first-order valence-electron chi connectivity index (χ1n) is 14.4. The van der Waals surface area contributed by atoms with Crippen LogP contribution in [0.25, 0.3) is 10.9 Å². The fourth-order valence-electron chi connectivity index (χ4n) is 6.71.